The molecule has 0 unspecified atom stereocenters. The highest BCUT2D eigenvalue weighted by atomic mass is 16.5. The second-order valence-corrected chi connectivity index (χ2v) is 5.46. The predicted octanol–water partition coefficient (Wildman–Crippen LogP) is 2.70. The van der Waals surface area contributed by atoms with Crippen molar-refractivity contribution in [2.45, 2.75) is 13.3 Å². The van der Waals surface area contributed by atoms with E-state index in [0.29, 0.717) is 35.3 Å². The fourth-order valence-electron chi connectivity index (χ4n) is 2.67. The lowest BCUT2D eigenvalue weighted by Gasteiger charge is -2.12. The molecule has 0 bridgehead atoms. The summed E-state index contributed by atoms with van der Waals surface area (Å²) in [6, 6.07) is 14.5. The van der Waals surface area contributed by atoms with Crippen molar-refractivity contribution in [1.29, 1.82) is 0 Å². The molecule has 2 aromatic carbocycles. The fraction of sp³-hybridized carbons (Fsp3) is 0.211. The Labute approximate surface area is 139 Å². The zero-order valence-corrected chi connectivity index (χ0v) is 13.7. The highest BCUT2D eigenvalue weighted by Crippen LogP contribution is 2.15. The molecule has 0 amide bonds. The molecule has 0 N–H and O–H groups in total. The van der Waals surface area contributed by atoms with Crippen LogP contribution in [0.15, 0.2) is 53.3 Å². The summed E-state index contributed by atoms with van der Waals surface area (Å²) in [7, 11) is 1.70. The van der Waals surface area contributed by atoms with Crippen molar-refractivity contribution >= 4 is 16.9 Å². The summed E-state index contributed by atoms with van der Waals surface area (Å²) in [5, 5.41) is 0.586. The third-order valence-electron chi connectivity index (χ3n) is 3.94. The van der Waals surface area contributed by atoms with Gasteiger partial charge < -0.3 is 4.74 Å². The lowest BCUT2D eigenvalue weighted by Crippen LogP contribution is -2.23. The Morgan fingerprint density at radius 3 is 2.62 bits per heavy atom. The van der Waals surface area contributed by atoms with Crippen molar-refractivity contribution in [2.24, 2.45) is 7.05 Å². The van der Waals surface area contributed by atoms with Crippen molar-refractivity contribution < 1.29 is 9.53 Å². The summed E-state index contributed by atoms with van der Waals surface area (Å²) in [4.78, 5) is 29.2. The number of hydrogen-bond donors (Lipinski definition) is 0. The van der Waals surface area contributed by atoms with Crippen LogP contribution in [-0.2, 0) is 18.2 Å². The highest BCUT2D eigenvalue weighted by molar-refractivity contribution is 5.91. The molecule has 24 heavy (non-hydrogen) atoms. The molecule has 0 aliphatic rings. The van der Waals surface area contributed by atoms with E-state index >= 15 is 0 Å². The van der Waals surface area contributed by atoms with E-state index in [0.717, 1.165) is 5.56 Å². The van der Waals surface area contributed by atoms with Crippen molar-refractivity contribution in [1.82, 2.24) is 9.55 Å². The van der Waals surface area contributed by atoms with Crippen LogP contribution in [0, 0.1) is 0 Å². The first kappa shape index (κ1) is 15.9. The number of carbonyl (C=O) groups is 1. The van der Waals surface area contributed by atoms with E-state index in [1.54, 1.807) is 32.2 Å². The molecule has 0 atom stereocenters. The highest BCUT2D eigenvalue weighted by Gasteiger charge is 2.15. The molecule has 0 aliphatic heterocycles. The van der Waals surface area contributed by atoms with E-state index in [2.05, 4.69) is 4.98 Å². The van der Waals surface area contributed by atoms with Crippen LogP contribution < -0.4 is 5.56 Å². The Balaban J connectivity index is 2.07. The summed E-state index contributed by atoms with van der Waals surface area (Å²) >= 11 is 0. The lowest BCUT2D eigenvalue weighted by molar-refractivity contribution is 0.0525. The minimum absolute atomic E-state index is 0.0933. The maximum Gasteiger partial charge on any atom is 0.338 e. The Hall–Kier alpha value is -2.95. The maximum absolute atomic E-state index is 12.5. The van der Waals surface area contributed by atoms with Gasteiger partial charge in [-0.2, -0.15) is 0 Å². The number of fused-ring (bicyclic) bond motifs is 1. The van der Waals surface area contributed by atoms with E-state index < -0.39 is 0 Å². The van der Waals surface area contributed by atoms with Gasteiger partial charge in [0.05, 0.1) is 23.1 Å². The van der Waals surface area contributed by atoms with E-state index in [9.17, 15) is 9.59 Å². The number of aromatic nitrogens is 2. The van der Waals surface area contributed by atoms with Gasteiger partial charge in [-0.05, 0) is 30.7 Å². The topological polar surface area (TPSA) is 61.2 Å². The average Bonchev–Trinajstić information content (AvgIpc) is 2.60. The molecule has 1 heterocycles. The normalized spacial score (nSPS) is 10.8. The summed E-state index contributed by atoms with van der Waals surface area (Å²) in [6.07, 6.45) is 0.381. The zero-order chi connectivity index (χ0) is 17.1. The van der Waals surface area contributed by atoms with Gasteiger partial charge in [0.25, 0.3) is 5.56 Å². The molecule has 0 saturated heterocycles. The van der Waals surface area contributed by atoms with Crippen molar-refractivity contribution in [3.05, 3.63) is 75.8 Å². The third-order valence-corrected chi connectivity index (χ3v) is 3.94. The molecular weight excluding hydrogens is 304 g/mol. The van der Waals surface area contributed by atoms with Crippen LogP contribution in [-0.4, -0.2) is 22.1 Å². The van der Waals surface area contributed by atoms with Crippen molar-refractivity contribution in [3.63, 3.8) is 0 Å². The standard InChI is InChI=1S/C19H18N2O3/c1-3-24-19(23)14-9-5-4-8-13(14)12-17-20-16-11-7-6-10-15(16)18(22)21(17)2/h4-11H,3,12H2,1-2H3. The largest absolute Gasteiger partial charge is 0.462 e. The summed E-state index contributed by atoms with van der Waals surface area (Å²) in [5.74, 6) is 0.245. The minimum atomic E-state index is -0.362. The van der Waals surface area contributed by atoms with E-state index in [-0.39, 0.29) is 11.5 Å². The van der Waals surface area contributed by atoms with Gasteiger partial charge in [-0.3, -0.25) is 9.36 Å². The summed E-state index contributed by atoms with van der Waals surface area (Å²) in [6.45, 7) is 2.09. The Morgan fingerprint density at radius 2 is 1.83 bits per heavy atom. The monoisotopic (exact) mass is 322 g/mol. The number of carbonyl (C=O) groups excluding carboxylic acids is 1. The van der Waals surface area contributed by atoms with Crippen LogP contribution >= 0.6 is 0 Å². The van der Waals surface area contributed by atoms with Gasteiger partial charge >= 0.3 is 5.97 Å². The molecule has 0 radical (unpaired) electrons. The predicted molar refractivity (Wildman–Crippen MR) is 92.2 cm³/mol. The third kappa shape index (κ3) is 2.93. The first-order valence-corrected chi connectivity index (χ1v) is 7.81. The number of nitrogens with zero attached hydrogens (tertiary/aromatic N) is 2. The molecular formula is C19H18N2O3. The Kier molecular flexibility index (Phi) is 4.42. The smallest absolute Gasteiger partial charge is 0.338 e. The second-order valence-electron chi connectivity index (χ2n) is 5.46. The Morgan fingerprint density at radius 1 is 1.12 bits per heavy atom. The Bertz CT molecular complexity index is 960. The molecule has 5 nitrogen and oxygen atoms in total. The number of esters is 1. The van der Waals surface area contributed by atoms with Crippen LogP contribution in [0.1, 0.15) is 28.7 Å². The molecule has 0 aliphatic carbocycles. The van der Waals surface area contributed by atoms with Gasteiger partial charge in [-0.25, -0.2) is 9.78 Å². The number of ether oxygens (including phenoxy) is 1. The number of para-hydroxylation sites is 1. The van der Waals surface area contributed by atoms with Crippen molar-refractivity contribution in [3.8, 4) is 0 Å². The molecule has 1 aromatic heterocycles. The van der Waals surface area contributed by atoms with Gasteiger partial charge in [-0.1, -0.05) is 30.3 Å². The van der Waals surface area contributed by atoms with Gasteiger partial charge in [0.1, 0.15) is 5.82 Å². The lowest BCUT2D eigenvalue weighted by atomic mass is 10.0. The first-order chi connectivity index (χ1) is 11.6. The van der Waals surface area contributed by atoms with Gasteiger partial charge in [0.2, 0.25) is 0 Å². The quantitative estimate of drug-likeness (QED) is 0.693. The van der Waals surface area contributed by atoms with Crippen LogP contribution in [0.3, 0.4) is 0 Å². The molecule has 5 heteroatoms. The molecule has 3 rings (SSSR count). The molecule has 0 fully saturated rings. The average molecular weight is 322 g/mol. The van der Waals surface area contributed by atoms with E-state index in [1.807, 2.05) is 30.3 Å². The first-order valence-electron chi connectivity index (χ1n) is 7.81. The van der Waals surface area contributed by atoms with E-state index in [4.69, 9.17) is 4.74 Å². The fourth-order valence-corrected chi connectivity index (χ4v) is 2.67. The van der Waals surface area contributed by atoms with Crippen molar-refractivity contribution in [2.75, 3.05) is 6.61 Å². The zero-order valence-electron chi connectivity index (χ0n) is 13.7. The minimum Gasteiger partial charge on any atom is -0.462 e. The second kappa shape index (κ2) is 6.66. The van der Waals surface area contributed by atoms with Gasteiger partial charge in [-0.15, -0.1) is 0 Å². The number of rotatable bonds is 4. The van der Waals surface area contributed by atoms with E-state index in [1.165, 1.54) is 4.57 Å². The number of hydrogen-bond acceptors (Lipinski definition) is 4. The van der Waals surface area contributed by atoms with Gasteiger partial charge in [0, 0.05) is 13.5 Å². The number of benzene rings is 2. The van der Waals surface area contributed by atoms with Crippen LogP contribution in [0.25, 0.3) is 10.9 Å². The molecule has 3 aromatic rings. The summed E-state index contributed by atoms with van der Waals surface area (Å²) < 4.78 is 6.63. The molecule has 0 spiro atoms. The van der Waals surface area contributed by atoms with Crippen LogP contribution in [0.2, 0.25) is 0 Å². The van der Waals surface area contributed by atoms with Crippen LogP contribution in [0.4, 0.5) is 0 Å². The molecule has 122 valence electrons. The summed E-state index contributed by atoms with van der Waals surface area (Å²) in [5.41, 5.74) is 1.85. The van der Waals surface area contributed by atoms with Gasteiger partial charge in [0.15, 0.2) is 0 Å². The maximum atomic E-state index is 12.5. The SMILES string of the molecule is CCOC(=O)c1ccccc1Cc1nc2ccccc2c(=O)n1C. The molecule has 0 saturated carbocycles. The van der Waals surface area contributed by atoms with Crippen LogP contribution in [0.5, 0.6) is 0 Å².